The number of rotatable bonds is 5. The Morgan fingerprint density at radius 2 is 2.04 bits per heavy atom. The highest BCUT2D eigenvalue weighted by Crippen LogP contribution is 2.32. The molecule has 0 aliphatic carbocycles. The van der Waals surface area contributed by atoms with E-state index in [4.69, 9.17) is 21.3 Å². The molecule has 8 heteroatoms. The number of aromatic nitrogens is 4. The molecular weight excluding hydrogens is 396 g/mol. The molecule has 2 aromatic heterocycles. The Kier molecular flexibility index (Phi) is 5.30. The fraction of sp³-hybridized carbons (Fsp3) is 0.200. The summed E-state index contributed by atoms with van der Waals surface area (Å²) < 4.78 is 6.80. The van der Waals surface area contributed by atoms with Crippen LogP contribution in [0.1, 0.15) is 5.56 Å². The van der Waals surface area contributed by atoms with Crippen molar-refractivity contribution in [2.75, 3.05) is 13.7 Å². The highest BCUT2D eigenvalue weighted by Gasteiger charge is 2.16. The Morgan fingerprint density at radius 1 is 1.18 bits per heavy atom. The van der Waals surface area contributed by atoms with Crippen molar-refractivity contribution in [3.8, 4) is 0 Å². The standard InChI is InChI=1S/C20H17ClN4O2S/c1-12-4-3-5-15-17(12)18(23-11-22-15)28-20-24-16-10-13(21)6-7-14(16)19(26)25(20)8-9-27-2/h3-7,10-11H,8-9H2,1-2H3. The smallest absolute Gasteiger partial charge is 0.262 e. The fourth-order valence-electron chi connectivity index (χ4n) is 3.04. The average Bonchev–Trinajstić information content (AvgIpc) is 2.68. The molecule has 0 aliphatic heterocycles. The number of halogens is 1. The Hall–Kier alpha value is -2.48. The molecule has 0 saturated carbocycles. The molecule has 0 spiro atoms. The van der Waals surface area contributed by atoms with E-state index in [9.17, 15) is 4.79 Å². The Balaban J connectivity index is 1.92. The molecule has 0 fully saturated rings. The summed E-state index contributed by atoms with van der Waals surface area (Å²) in [5.74, 6) is 0. The van der Waals surface area contributed by atoms with E-state index in [1.54, 1.807) is 29.9 Å². The number of hydrogen-bond donors (Lipinski definition) is 0. The zero-order valence-electron chi connectivity index (χ0n) is 15.3. The van der Waals surface area contributed by atoms with Crippen molar-refractivity contribution in [3.63, 3.8) is 0 Å². The van der Waals surface area contributed by atoms with E-state index in [1.165, 1.54) is 18.1 Å². The monoisotopic (exact) mass is 412 g/mol. The average molecular weight is 413 g/mol. The van der Waals surface area contributed by atoms with Gasteiger partial charge >= 0.3 is 0 Å². The highest BCUT2D eigenvalue weighted by molar-refractivity contribution is 7.99. The van der Waals surface area contributed by atoms with E-state index in [0.717, 1.165) is 21.5 Å². The topological polar surface area (TPSA) is 69.9 Å². The SMILES string of the molecule is COCCn1c(Sc2ncnc3cccc(C)c23)nc2cc(Cl)ccc2c1=O. The lowest BCUT2D eigenvalue weighted by Gasteiger charge is -2.13. The van der Waals surface area contributed by atoms with Crippen LogP contribution in [-0.4, -0.2) is 33.2 Å². The van der Waals surface area contributed by atoms with Crippen molar-refractivity contribution in [1.29, 1.82) is 0 Å². The van der Waals surface area contributed by atoms with Gasteiger partial charge in [0.25, 0.3) is 5.56 Å². The molecule has 2 aromatic carbocycles. The van der Waals surface area contributed by atoms with Crippen LogP contribution in [0.2, 0.25) is 5.02 Å². The quantitative estimate of drug-likeness (QED) is 0.363. The van der Waals surface area contributed by atoms with Gasteiger partial charge < -0.3 is 4.74 Å². The predicted molar refractivity (Wildman–Crippen MR) is 111 cm³/mol. The molecule has 0 bridgehead atoms. The lowest BCUT2D eigenvalue weighted by Crippen LogP contribution is -2.25. The molecule has 4 rings (SSSR count). The minimum Gasteiger partial charge on any atom is -0.383 e. The number of ether oxygens (including phenoxy) is 1. The first-order valence-corrected chi connectivity index (χ1v) is 9.85. The molecule has 28 heavy (non-hydrogen) atoms. The Labute approximate surface area is 170 Å². The first-order valence-electron chi connectivity index (χ1n) is 8.65. The Bertz CT molecular complexity index is 1240. The number of benzene rings is 2. The first-order chi connectivity index (χ1) is 13.6. The summed E-state index contributed by atoms with van der Waals surface area (Å²) in [5.41, 5.74) is 2.35. The number of hydrogen-bond acceptors (Lipinski definition) is 6. The molecule has 0 saturated heterocycles. The van der Waals surface area contributed by atoms with E-state index >= 15 is 0 Å². The van der Waals surface area contributed by atoms with Crippen molar-refractivity contribution >= 4 is 45.2 Å². The van der Waals surface area contributed by atoms with Gasteiger partial charge in [0.1, 0.15) is 11.4 Å². The molecule has 142 valence electrons. The van der Waals surface area contributed by atoms with Crippen LogP contribution in [0.4, 0.5) is 0 Å². The minimum atomic E-state index is -0.128. The summed E-state index contributed by atoms with van der Waals surface area (Å²) in [7, 11) is 1.60. The lowest BCUT2D eigenvalue weighted by molar-refractivity contribution is 0.183. The van der Waals surface area contributed by atoms with Gasteiger partial charge in [0.15, 0.2) is 5.16 Å². The van der Waals surface area contributed by atoms with Crippen molar-refractivity contribution in [3.05, 3.63) is 63.7 Å². The maximum Gasteiger partial charge on any atom is 0.262 e. The van der Waals surface area contributed by atoms with Crippen LogP contribution in [0, 0.1) is 6.92 Å². The van der Waals surface area contributed by atoms with Gasteiger partial charge in [-0.3, -0.25) is 9.36 Å². The first kappa shape index (κ1) is 18.9. The molecular formula is C20H17ClN4O2S. The third-order valence-corrected chi connectivity index (χ3v) is 5.66. The number of fused-ring (bicyclic) bond motifs is 2. The normalized spacial score (nSPS) is 11.4. The fourth-order valence-corrected chi connectivity index (χ4v) is 4.28. The third-order valence-electron chi connectivity index (χ3n) is 4.43. The summed E-state index contributed by atoms with van der Waals surface area (Å²) in [6, 6.07) is 11.0. The summed E-state index contributed by atoms with van der Waals surface area (Å²) in [6.45, 7) is 2.81. The van der Waals surface area contributed by atoms with Crippen LogP contribution in [0.5, 0.6) is 0 Å². The number of methoxy groups -OCH3 is 1. The number of nitrogens with zero attached hydrogens (tertiary/aromatic N) is 4. The molecule has 0 unspecified atom stereocenters. The van der Waals surface area contributed by atoms with E-state index in [-0.39, 0.29) is 5.56 Å². The number of aryl methyl sites for hydroxylation is 1. The van der Waals surface area contributed by atoms with Crippen LogP contribution in [-0.2, 0) is 11.3 Å². The minimum absolute atomic E-state index is 0.128. The molecule has 0 radical (unpaired) electrons. The van der Waals surface area contributed by atoms with Crippen LogP contribution in [0.25, 0.3) is 21.8 Å². The molecule has 4 aromatic rings. The van der Waals surface area contributed by atoms with E-state index < -0.39 is 0 Å². The maximum atomic E-state index is 13.1. The zero-order valence-corrected chi connectivity index (χ0v) is 16.9. The molecule has 0 N–H and O–H groups in total. The van der Waals surface area contributed by atoms with Gasteiger partial charge in [-0.1, -0.05) is 23.7 Å². The van der Waals surface area contributed by atoms with Crippen LogP contribution in [0.15, 0.2) is 57.7 Å². The third kappa shape index (κ3) is 3.48. The molecule has 0 amide bonds. The van der Waals surface area contributed by atoms with Crippen LogP contribution < -0.4 is 5.56 Å². The van der Waals surface area contributed by atoms with Crippen LogP contribution >= 0.6 is 23.4 Å². The highest BCUT2D eigenvalue weighted by atomic mass is 35.5. The predicted octanol–water partition coefficient (Wildman–Crippen LogP) is 4.10. The van der Waals surface area contributed by atoms with Crippen molar-refractivity contribution in [2.24, 2.45) is 0 Å². The molecule has 0 aliphatic rings. The van der Waals surface area contributed by atoms with Crippen LogP contribution in [0.3, 0.4) is 0 Å². The second-order valence-corrected chi connectivity index (χ2v) is 7.65. The van der Waals surface area contributed by atoms with Gasteiger partial charge in [-0.05, 0) is 48.5 Å². The second-order valence-electron chi connectivity index (χ2n) is 6.26. The summed E-state index contributed by atoms with van der Waals surface area (Å²) in [4.78, 5) is 26.6. The van der Waals surface area contributed by atoms with Gasteiger partial charge in [-0.2, -0.15) is 0 Å². The van der Waals surface area contributed by atoms with E-state index in [2.05, 4.69) is 9.97 Å². The molecule has 6 nitrogen and oxygen atoms in total. The van der Waals surface area contributed by atoms with Gasteiger partial charge in [-0.15, -0.1) is 0 Å². The Morgan fingerprint density at radius 3 is 2.86 bits per heavy atom. The van der Waals surface area contributed by atoms with Gasteiger partial charge in [-0.25, -0.2) is 15.0 Å². The maximum absolute atomic E-state index is 13.1. The molecule has 0 atom stereocenters. The lowest BCUT2D eigenvalue weighted by atomic mass is 10.1. The van der Waals surface area contributed by atoms with Crippen molar-refractivity contribution in [1.82, 2.24) is 19.5 Å². The van der Waals surface area contributed by atoms with E-state index in [0.29, 0.717) is 34.2 Å². The van der Waals surface area contributed by atoms with Crippen molar-refractivity contribution in [2.45, 2.75) is 23.7 Å². The van der Waals surface area contributed by atoms with Gasteiger partial charge in [0.2, 0.25) is 0 Å². The second kappa shape index (κ2) is 7.87. The van der Waals surface area contributed by atoms with Crippen molar-refractivity contribution < 1.29 is 4.74 Å². The summed E-state index contributed by atoms with van der Waals surface area (Å²) in [5, 5.41) is 3.30. The summed E-state index contributed by atoms with van der Waals surface area (Å²) in [6.07, 6.45) is 1.53. The summed E-state index contributed by atoms with van der Waals surface area (Å²) >= 11 is 7.45. The largest absolute Gasteiger partial charge is 0.383 e. The van der Waals surface area contributed by atoms with E-state index in [1.807, 2.05) is 25.1 Å². The zero-order chi connectivity index (χ0) is 19.7. The van der Waals surface area contributed by atoms with Gasteiger partial charge in [0.05, 0.1) is 29.6 Å². The molecule has 2 heterocycles. The van der Waals surface area contributed by atoms with Gasteiger partial charge in [0, 0.05) is 17.5 Å².